The largest absolute Gasteiger partial charge is 0.586 e. The van der Waals surface area contributed by atoms with Crippen molar-refractivity contribution in [1.29, 1.82) is 0 Å². The Labute approximate surface area is 185 Å². The predicted molar refractivity (Wildman–Crippen MR) is 109 cm³/mol. The highest BCUT2D eigenvalue weighted by Crippen LogP contribution is 2.54. The molecule has 0 aliphatic carbocycles. The number of ether oxygens (including phenoxy) is 4. The summed E-state index contributed by atoms with van der Waals surface area (Å²) in [7, 11) is 0. The van der Waals surface area contributed by atoms with Crippen LogP contribution in [0.4, 0.5) is 19.3 Å². The summed E-state index contributed by atoms with van der Waals surface area (Å²) < 4.78 is 47.9. The number of rotatable bonds is 2. The number of hydrogen-bond acceptors (Lipinski definition) is 9. The maximum atomic E-state index is 13.9. The molecule has 0 bridgehead atoms. The maximum absolute atomic E-state index is 13.9. The fraction of sp³-hybridized carbons (Fsp3) is 0.579. The van der Waals surface area contributed by atoms with E-state index in [2.05, 4.69) is 15.0 Å². The predicted octanol–water partition coefficient (Wildman–Crippen LogP) is 3.78. The second kappa shape index (κ2) is 7.73. The summed E-state index contributed by atoms with van der Waals surface area (Å²) in [5.41, 5.74) is -2.44. The van der Waals surface area contributed by atoms with Gasteiger partial charge in [-0.2, -0.15) is 0 Å². The summed E-state index contributed by atoms with van der Waals surface area (Å²) in [4.78, 5) is 27.7. The minimum absolute atomic E-state index is 0.0414. The van der Waals surface area contributed by atoms with Gasteiger partial charge >= 0.3 is 12.4 Å². The smallest absolute Gasteiger partial charge is 0.444 e. The van der Waals surface area contributed by atoms with E-state index in [9.17, 15) is 23.7 Å². The standard InChI is InChI=1S/C19H21F2N3O7S/c1-17(2,3)31-16(25)22-15-23-18(9-28-5-4-10(18)8-32-15)12-6-11(24(26)27)7-13-14(12)30-19(20,21)29-13/h6-7,10H,4-5,8-9H2,1-3H3,(H,22,23,25)/t10?,18-/m0/s1. The van der Waals surface area contributed by atoms with Crippen molar-refractivity contribution in [3.05, 3.63) is 27.8 Å². The van der Waals surface area contributed by atoms with Crippen LogP contribution in [0.15, 0.2) is 17.1 Å². The zero-order valence-corrected chi connectivity index (χ0v) is 18.3. The van der Waals surface area contributed by atoms with Gasteiger partial charge in [-0.15, -0.1) is 8.78 Å². The number of alkyl halides is 2. The number of halogens is 2. The van der Waals surface area contributed by atoms with Crippen molar-refractivity contribution in [2.75, 3.05) is 19.0 Å². The van der Waals surface area contributed by atoms with E-state index in [0.29, 0.717) is 18.8 Å². The average molecular weight is 473 g/mol. The van der Waals surface area contributed by atoms with Crippen LogP contribution in [0, 0.1) is 16.0 Å². The van der Waals surface area contributed by atoms with Crippen LogP contribution in [0.5, 0.6) is 11.5 Å². The Bertz CT molecular complexity index is 998. The van der Waals surface area contributed by atoms with Crippen LogP contribution < -0.4 is 14.8 Å². The normalized spacial score (nSPS) is 26.0. The van der Waals surface area contributed by atoms with Crippen LogP contribution in [0.1, 0.15) is 32.8 Å². The molecule has 0 saturated carbocycles. The number of benzene rings is 1. The molecule has 0 radical (unpaired) electrons. The SMILES string of the molecule is CC(C)(C)OC(=O)NC1=N[C@@]2(c3cc([N+](=O)[O-])cc4c3OC(F)(F)O4)COCCC2CS1. The lowest BCUT2D eigenvalue weighted by atomic mass is 9.76. The van der Waals surface area contributed by atoms with Crippen LogP contribution in [0.2, 0.25) is 0 Å². The van der Waals surface area contributed by atoms with Crippen molar-refractivity contribution in [2.45, 2.75) is 44.6 Å². The molecule has 174 valence electrons. The zero-order chi connectivity index (χ0) is 23.3. The quantitative estimate of drug-likeness (QED) is 0.509. The van der Waals surface area contributed by atoms with Gasteiger partial charge in [0.1, 0.15) is 11.1 Å². The van der Waals surface area contributed by atoms with E-state index in [1.165, 1.54) is 11.8 Å². The number of non-ortho nitro benzene ring substituents is 1. The third kappa shape index (κ3) is 4.31. The average Bonchev–Trinajstić information content (AvgIpc) is 2.98. The Kier molecular flexibility index (Phi) is 5.44. The molecule has 3 aliphatic heterocycles. The summed E-state index contributed by atoms with van der Waals surface area (Å²) in [6.07, 6.45) is -4.17. The van der Waals surface area contributed by atoms with Gasteiger partial charge in [-0.3, -0.25) is 15.4 Å². The van der Waals surface area contributed by atoms with Crippen molar-refractivity contribution in [3.63, 3.8) is 0 Å². The van der Waals surface area contributed by atoms with Gasteiger partial charge in [-0.25, -0.2) is 9.79 Å². The summed E-state index contributed by atoms with van der Waals surface area (Å²) in [5.74, 6) is -0.530. The molecular weight excluding hydrogens is 452 g/mol. The number of nitro benzene ring substituents is 1. The number of amides is 1. The highest BCUT2D eigenvalue weighted by atomic mass is 32.2. The summed E-state index contributed by atoms with van der Waals surface area (Å²) in [6, 6.07) is 2.03. The van der Waals surface area contributed by atoms with Gasteiger partial charge in [0.25, 0.3) is 5.69 Å². The van der Waals surface area contributed by atoms with Gasteiger partial charge in [0.2, 0.25) is 0 Å². The molecular formula is C19H21F2N3O7S. The number of nitrogens with zero attached hydrogens (tertiary/aromatic N) is 2. The molecule has 3 aliphatic rings. The topological polar surface area (TPSA) is 122 Å². The number of alkyl carbamates (subject to hydrolysis) is 1. The first-order valence-electron chi connectivity index (χ1n) is 9.78. The lowest BCUT2D eigenvalue weighted by molar-refractivity contribution is -0.385. The number of hydrogen-bond donors (Lipinski definition) is 1. The molecule has 1 unspecified atom stereocenters. The summed E-state index contributed by atoms with van der Waals surface area (Å²) in [6.45, 7) is 5.50. The maximum Gasteiger partial charge on any atom is 0.586 e. The lowest BCUT2D eigenvalue weighted by Gasteiger charge is -2.44. The van der Waals surface area contributed by atoms with E-state index >= 15 is 0 Å². The second-order valence-corrected chi connectivity index (χ2v) is 9.57. The van der Waals surface area contributed by atoms with Gasteiger partial charge < -0.3 is 18.9 Å². The lowest BCUT2D eigenvalue weighted by Crippen LogP contribution is -2.49. The first-order chi connectivity index (χ1) is 14.9. The third-order valence-electron chi connectivity index (χ3n) is 5.10. The van der Waals surface area contributed by atoms with Crippen molar-refractivity contribution < 1.29 is 37.4 Å². The Morgan fingerprint density at radius 2 is 2.12 bits per heavy atom. The van der Waals surface area contributed by atoms with Crippen LogP contribution in [0.3, 0.4) is 0 Å². The molecule has 32 heavy (non-hydrogen) atoms. The van der Waals surface area contributed by atoms with Crippen LogP contribution in [0.25, 0.3) is 0 Å². The minimum atomic E-state index is -3.97. The number of thioether (sulfide) groups is 1. The first-order valence-corrected chi connectivity index (χ1v) is 10.8. The molecule has 13 heteroatoms. The Morgan fingerprint density at radius 3 is 2.81 bits per heavy atom. The molecule has 0 spiro atoms. The molecule has 1 fully saturated rings. The number of carbonyl (C=O) groups is 1. The highest BCUT2D eigenvalue weighted by molar-refractivity contribution is 8.13. The van der Waals surface area contributed by atoms with Gasteiger partial charge in [0.15, 0.2) is 16.7 Å². The minimum Gasteiger partial charge on any atom is -0.444 e. The van der Waals surface area contributed by atoms with Crippen molar-refractivity contribution in [3.8, 4) is 11.5 Å². The van der Waals surface area contributed by atoms with Crippen LogP contribution in [-0.4, -0.2) is 47.0 Å². The molecule has 10 nitrogen and oxygen atoms in total. The van der Waals surface area contributed by atoms with Crippen molar-refractivity contribution in [2.24, 2.45) is 10.9 Å². The van der Waals surface area contributed by atoms with Gasteiger partial charge in [-0.1, -0.05) is 11.8 Å². The van der Waals surface area contributed by atoms with Gasteiger partial charge in [0.05, 0.1) is 17.6 Å². The number of aliphatic imine (C=N–C) groups is 1. The number of amidine groups is 1. The van der Waals surface area contributed by atoms with Gasteiger partial charge in [-0.05, 0) is 27.2 Å². The third-order valence-corrected chi connectivity index (χ3v) is 6.14. The molecule has 0 aromatic heterocycles. The molecule has 1 N–H and O–H groups in total. The van der Waals surface area contributed by atoms with E-state index in [-0.39, 0.29) is 29.0 Å². The summed E-state index contributed by atoms with van der Waals surface area (Å²) >= 11 is 1.27. The molecule has 1 saturated heterocycles. The number of fused-ring (bicyclic) bond motifs is 2. The second-order valence-electron chi connectivity index (χ2n) is 8.56. The van der Waals surface area contributed by atoms with E-state index in [1.807, 2.05) is 0 Å². The zero-order valence-electron chi connectivity index (χ0n) is 17.5. The van der Waals surface area contributed by atoms with E-state index < -0.39 is 39.9 Å². The number of nitro groups is 1. The van der Waals surface area contributed by atoms with Gasteiger partial charge in [0, 0.05) is 29.9 Å². The molecule has 1 amide bonds. The molecule has 1 aromatic carbocycles. The fourth-order valence-corrected chi connectivity index (χ4v) is 5.01. The number of carbonyl (C=O) groups excluding carboxylic acids is 1. The Hall–Kier alpha value is -2.67. The number of nitrogens with one attached hydrogen (secondary N) is 1. The molecule has 4 rings (SSSR count). The monoisotopic (exact) mass is 473 g/mol. The highest BCUT2D eigenvalue weighted by Gasteiger charge is 2.53. The van der Waals surface area contributed by atoms with E-state index in [1.54, 1.807) is 20.8 Å². The Balaban J connectivity index is 1.80. The summed E-state index contributed by atoms with van der Waals surface area (Å²) in [5, 5.41) is 14.2. The van der Waals surface area contributed by atoms with Crippen LogP contribution >= 0.6 is 11.8 Å². The first kappa shape index (κ1) is 22.5. The molecule has 2 atom stereocenters. The van der Waals surface area contributed by atoms with E-state index in [0.717, 1.165) is 12.1 Å². The van der Waals surface area contributed by atoms with Crippen molar-refractivity contribution in [1.82, 2.24) is 5.32 Å². The fourth-order valence-electron chi connectivity index (χ4n) is 3.82. The molecule has 3 heterocycles. The van der Waals surface area contributed by atoms with Crippen LogP contribution in [-0.2, 0) is 15.0 Å². The van der Waals surface area contributed by atoms with E-state index in [4.69, 9.17) is 14.2 Å². The van der Waals surface area contributed by atoms with Crippen molar-refractivity contribution >= 4 is 28.7 Å². The Morgan fingerprint density at radius 1 is 1.38 bits per heavy atom. The molecule has 1 aromatic rings.